The zero-order valence-corrected chi connectivity index (χ0v) is 20.3. The summed E-state index contributed by atoms with van der Waals surface area (Å²) in [6, 6.07) is 13.6. The Labute approximate surface area is 208 Å². The van der Waals surface area contributed by atoms with Gasteiger partial charge in [-0.2, -0.15) is 5.10 Å². The molecule has 1 aliphatic heterocycles. The average molecular weight is 552 g/mol. The van der Waals surface area contributed by atoms with E-state index in [-0.39, 0.29) is 19.3 Å². The van der Waals surface area contributed by atoms with E-state index in [4.69, 9.17) is 42.1 Å². The molecule has 1 aliphatic rings. The van der Waals surface area contributed by atoms with Gasteiger partial charge >= 0.3 is 0 Å². The van der Waals surface area contributed by atoms with Crippen LogP contribution in [-0.4, -0.2) is 26.0 Å². The molecule has 0 atom stereocenters. The first-order valence-corrected chi connectivity index (χ1v) is 11.2. The quantitative estimate of drug-likeness (QED) is 0.295. The van der Waals surface area contributed by atoms with Gasteiger partial charge in [0.05, 0.1) is 17.8 Å². The maximum absolute atomic E-state index is 12.4. The van der Waals surface area contributed by atoms with Crippen molar-refractivity contribution >= 4 is 51.3 Å². The number of nitrogens with zero attached hydrogens (tertiary/aromatic N) is 1. The number of carbonyl (C=O) groups excluding carboxylic acids is 1. The number of rotatable bonds is 7. The molecule has 170 valence electrons. The summed E-state index contributed by atoms with van der Waals surface area (Å²) in [5.41, 5.74) is 4.36. The van der Waals surface area contributed by atoms with E-state index in [1.807, 2.05) is 0 Å². The number of nitrogens with one attached hydrogen (secondary N) is 1. The van der Waals surface area contributed by atoms with Crippen molar-refractivity contribution in [3.8, 4) is 23.0 Å². The largest absolute Gasteiger partial charge is 0.493 e. The minimum Gasteiger partial charge on any atom is -0.493 e. The van der Waals surface area contributed by atoms with E-state index >= 15 is 0 Å². The zero-order chi connectivity index (χ0) is 23.4. The third-order valence-electron chi connectivity index (χ3n) is 4.65. The van der Waals surface area contributed by atoms with E-state index in [0.717, 1.165) is 5.56 Å². The van der Waals surface area contributed by atoms with Crippen LogP contribution in [0.2, 0.25) is 10.0 Å². The maximum atomic E-state index is 12.4. The van der Waals surface area contributed by atoms with Crippen molar-refractivity contribution in [2.45, 2.75) is 6.61 Å². The summed E-state index contributed by atoms with van der Waals surface area (Å²) in [5.74, 6) is 1.74. The lowest BCUT2D eigenvalue weighted by molar-refractivity contribution is 0.0954. The third kappa shape index (κ3) is 5.52. The highest BCUT2D eigenvalue weighted by Gasteiger charge is 2.16. The molecule has 1 N–H and O–H groups in total. The molecule has 4 rings (SSSR count). The topological polar surface area (TPSA) is 78.4 Å². The van der Waals surface area contributed by atoms with Crippen LogP contribution in [0.25, 0.3) is 0 Å². The molecule has 7 nitrogen and oxygen atoms in total. The standard InChI is InChI=1S/C23H17BrCl2N2O5/c1-30-21-7-13(6-17(24)22(21)31-11-15-2-4-16(25)9-18(15)26)10-27-28-23(29)14-3-5-19-20(8-14)33-12-32-19/h2-10H,11-12H2,1H3,(H,28,29). The number of methoxy groups -OCH3 is 1. The smallest absolute Gasteiger partial charge is 0.271 e. The van der Waals surface area contributed by atoms with Crippen LogP contribution >= 0.6 is 39.1 Å². The van der Waals surface area contributed by atoms with Crippen LogP contribution in [0, 0.1) is 0 Å². The number of hydrogen-bond donors (Lipinski definition) is 1. The molecule has 1 amide bonds. The predicted octanol–water partition coefficient (Wildman–Crippen LogP) is 5.84. The summed E-state index contributed by atoms with van der Waals surface area (Å²) in [6.07, 6.45) is 1.50. The second-order valence-corrected chi connectivity index (χ2v) is 8.52. The first-order valence-electron chi connectivity index (χ1n) is 9.62. The Morgan fingerprint density at radius 2 is 1.97 bits per heavy atom. The summed E-state index contributed by atoms with van der Waals surface area (Å²) in [6.45, 7) is 0.367. The molecule has 0 saturated heterocycles. The molecule has 3 aromatic rings. The van der Waals surface area contributed by atoms with Gasteiger partial charge in [-0.3, -0.25) is 4.79 Å². The highest BCUT2D eigenvalue weighted by Crippen LogP contribution is 2.37. The number of fused-ring (bicyclic) bond motifs is 1. The molecule has 0 fully saturated rings. The molecule has 3 aromatic carbocycles. The predicted molar refractivity (Wildman–Crippen MR) is 129 cm³/mol. The fourth-order valence-corrected chi connectivity index (χ4v) is 4.05. The van der Waals surface area contributed by atoms with Gasteiger partial charge < -0.3 is 18.9 Å². The Kier molecular flexibility index (Phi) is 7.27. The lowest BCUT2D eigenvalue weighted by atomic mass is 10.2. The van der Waals surface area contributed by atoms with E-state index in [9.17, 15) is 4.79 Å². The van der Waals surface area contributed by atoms with Gasteiger partial charge in [-0.1, -0.05) is 29.3 Å². The van der Waals surface area contributed by atoms with Crippen LogP contribution in [0.15, 0.2) is 58.1 Å². The second-order valence-electron chi connectivity index (χ2n) is 6.83. The van der Waals surface area contributed by atoms with Crippen molar-refractivity contribution in [3.05, 3.63) is 79.7 Å². The molecule has 0 radical (unpaired) electrons. The third-order valence-corrected chi connectivity index (χ3v) is 5.83. The summed E-state index contributed by atoms with van der Waals surface area (Å²) in [7, 11) is 1.53. The van der Waals surface area contributed by atoms with Crippen LogP contribution in [0.3, 0.4) is 0 Å². The van der Waals surface area contributed by atoms with E-state index in [0.29, 0.717) is 48.6 Å². The van der Waals surface area contributed by atoms with E-state index in [2.05, 4.69) is 26.5 Å². The van der Waals surface area contributed by atoms with E-state index in [1.54, 1.807) is 48.5 Å². The van der Waals surface area contributed by atoms with Crippen molar-refractivity contribution in [2.24, 2.45) is 5.10 Å². The van der Waals surface area contributed by atoms with Gasteiger partial charge in [-0.15, -0.1) is 0 Å². The second kappa shape index (κ2) is 10.3. The summed E-state index contributed by atoms with van der Waals surface area (Å²) in [5, 5.41) is 5.09. The Morgan fingerprint density at radius 1 is 1.15 bits per heavy atom. The number of amides is 1. The number of benzene rings is 3. The highest BCUT2D eigenvalue weighted by atomic mass is 79.9. The average Bonchev–Trinajstić information content (AvgIpc) is 3.27. The molecule has 1 heterocycles. The Bertz CT molecular complexity index is 1240. The van der Waals surface area contributed by atoms with Gasteiger partial charge in [-0.25, -0.2) is 5.43 Å². The number of ether oxygens (including phenoxy) is 4. The molecule has 0 bridgehead atoms. The first kappa shape index (κ1) is 23.2. The van der Waals surface area contributed by atoms with Crippen LogP contribution in [-0.2, 0) is 6.61 Å². The normalized spacial score (nSPS) is 12.1. The molecular weight excluding hydrogens is 535 g/mol. The van der Waals surface area contributed by atoms with Crippen LogP contribution < -0.4 is 24.4 Å². The molecule has 10 heteroatoms. The molecule has 0 saturated carbocycles. The number of carbonyl (C=O) groups is 1. The van der Waals surface area contributed by atoms with Crippen LogP contribution in [0.4, 0.5) is 0 Å². The maximum Gasteiger partial charge on any atom is 0.271 e. The fourth-order valence-electron chi connectivity index (χ4n) is 3.01. The lowest BCUT2D eigenvalue weighted by Gasteiger charge is -2.14. The molecule has 0 aromatic heterocycles. The Morgan fingerprint density at radius 3 is 2.76 bits per heavy atom. The minimum atomic E-state index is -0.379. The van der Waals surface area contributed by atoms with E-state index < -0.39 is 0 Å². The van der Waals surface area contributed by atoms with Crippen LogP contribution in [0.5, 0.6) is 23.0 Å². The van der Waals surface area contributed by atoms with Crippen molar-refractivity contribution in [2.75, 3.05) is 13.9 Å². The van der Waals surface area contributed by atoms with Gasteiger partial charge in [0.25, 0.3) is 5.91 Å². The SMILES string of the molecule is COc1cc(C=NNC(=O)c2ccc3c(c2)OCO3)cc(Br)c1OCc1ccc(Cl)cc1Cl. The fraction of sp³-hybridized carbons (Fsp3) is 0.130. The van der Waals surface area contributed by atoms with Gasteiger partial charge in [-0.05, 0) is 64.0 Å². The van der Waals surface area contributed by atoms with Gasteiger partial charge in [0, 0.05) is 21.2 Å². The van der Waals surface area contributed by atoms with E-state index in [1.165, 1.54) is 13.3 Å². The van der Waals surface area contributed by atoms with Gasteiger partial charge in [0.2, 0.25) is 6.79 Å². The molecule has 0 unspecified atom stereocenters. The van der Waals surface area contributed by atoms with Crippen molar-refractivity contribution < 1.29 is 23.7 Å². The van der Waals surface area contributed by atoms with Crippen LogP contribution in [0.1, 0.15) is 21.5 Å². The monoisotopic (exact) mass is 550 g/mol. The molecular formula is C23H17BrCl2N2O5. The number of hydrogen-bond acceptors (Lipinski definition) is 6. The van der Waals surface area contributed by atoms with Crippen molar-refractivity contribution in [1.29, 1.82) is 0 Å². The number of hydrazone groups is 1. The molecule has 0 spiro atoms. The highest BCUT2D eigenvalue weighted by molar-refractivity contribution is 9.10. The van der Waals surface area contributed by atoms with Crippen molar-refractivity contribution in [1.82, 2.24) is 5.43 Å². The lowest BCUT2D eigenvalue weighted by Crippen LogP contribution is -2.17. The van der Waals surface area contributed by atoms with Crippen molar-refractivity contribution in [3.63, 3.8) is 0 Å². The van der Waals surface area contributed by atoms with Gasteiger partial charge in [0.1, 0.15) is 6.61 Å². The van der Waals surface area contributed by atoms with Gasteiger partial charge in [0.15, 0.2) is 23.0 Å². The summed E-state index contributed by atoms with van der Waals surface area (Å²) in [4.78, 5) is 12.4. The Balaban J connectivity index is 1.43. The summed E-state index contributed by atoms with van der Waals surface area (Å²) < 4.78 is 22.6. The summed E-state index contributed by atoms with van der Waals surface area (Å²) >= 11 is 15.7. The number of halogens is 3. The Hall–Kier alpha value is -2.94. The zero-order valence-electron chi connectivity index (χ0n) is 17.2. The molecule has 33 heavy (non-hydrogen) atoms. The first-order chi connectivity index (χ1) is 15.9. The minimum absolute atomic E-state index is 0.141. The molecule has 0 aliphatic carbocycles.